The molecule has 0 bridgehead atoms. The molecule has 0 saturated carbocycles. The second kappa shape index (κ2) is 8.37. The van der Waals surface area contributed by atoms with E-state index in [4.69, 9.17) is 9.47 Å². The lowest BCUT2D eigenvalue weighted by atomic mass is 10.1. The smallest absolute Gasteiger partial charge is 0.215 e. The molecule has 5 nitrogen and oxygen atoms in total. The molecule has 0 saturated heterocycles. The minimum absolute atomic E-state index is 0.0240. The minimum atomic E-state index is -3.79. The van der Waals surface area contributed by atoms with Gasteiger partial charge in [-0.2, -0.15) is 0 Å². The molecule has 2 rings (SSSR count). The molecule has 136 valence electrons. The first-order valence-electron chi connectivity index (χ1n) is 7.42. The van der Waals surface area contributed by atoms with Crippen LogP contribution in [-0.4, -0.2) is 29.2 Å². The van der Waals surface area contributed by atoms with E-state index in [2.05, 4.69) is 4.72 Å². The largest absolute Gasteiger partial charge is 0.497 e. The molecule has 8 heteroatoms. The van der Waals surface area contributed by atoms with E-state index >= 15 is 0 Å². The van der Waals surface area contributed by atoms with Gasteiger partial charge in [-0.3, -0.25) is 0 Å². The van der Waals surface area contributed by atoms with Crippen molar-refractivity contribution < 1.29 is 26.7 Å². The Bertz CT molecular complexity index is 807. The van der Waals surface area contributed by atoms with Crippen LogP contribution in [-0.2, 0) is 20.5 Å². The molecule has 1 unspecified atom stereocenters. The molecule has 0 radical (unpaired) electrons. The van der Waals surface area contributed by atoms with Crippen molar-refractivity contribution in [3.8, 4) is 5.75 Å². The van der Waals surface area contributed by atoms with Crippen LogP contribution in [0.2, 0.25) is 0 Å². The van der Waals surface area contributed by atoms with Crippen molar-refractivity contribution in [2.24, 2.45) is 0 Å². The van der Waals surface area contributed by atoms with Gasteiger partial charge in [0.25, 0.3) is 0 Å². The van der Waals surface area contributed by atoms with Gasteiger partial charge in [0, 0.05) is 19.7 Å². The Kier molecular flexibility index (Phi) is 6.46. The maximum absolute atomic E-state index is 13.2. The second-order valence-corrected chi connectivity index (χ2v) is 7.19. The van der Waals surface area contributed by atoms with Crippen molar-refractivity contribution in [2.75, 3.05) is 20.8 Å². The standard InChI is InChI=1S/C17H19F2NO4S/c1-23-16-5-3-4-13(8-16)17(24-2)10-20-25(21,22)11-12-6-14(18)9-15(19)7-12/h3-9,17,20H,10-11H2,1-2H3. The molecule has 25 heavy (non-hydrogen) atoms. The van der Waals surface area contributed by atoms with Gasteiger partial charge in [0.15, 0.2) is 0 Å². The molecule has 0 aromatic heterocycles. The van der Waals surface area contributed by atoms with Gasteiger partial charge in [0.2, 0.25) is 10.0 Å². The summed E-state index contributed by atoms with van der Waals surface area (Å²) in [6, 6.07) is 9.71. The lowest BCUT2D eigenvalue weighted by molar-refractivity contribution is 0.107. The van der Waals surface area contributed by atoms with Crippen LogP contribution in [0, 0.1) is 11.6 Å². The first-order valence-corrected chi connectivity index (χ1v) is 9.07. The van der Waals surface area contributed by atoms with Crippen LogP contribution >= 0.6 is 0 Å². The summed E-state index contributed by atoms with van der Waals surface area (Å²) in [6.07, 6.45) is -0.533. The summed E-state index contributed by atoms with van der Waals surface area (Å²) in [4.78, 5) is 0. The predicted octanol–water partition coefficient (Wildman–Crippen LogP) is 2.78. The third kappa shape index (κ3) is 5.77. The topological polar surface area (TPSA) is 64.6 Å². The number of halogens is 2. The van der Waals surface area contributed by atoms with Gasteiger partial charge >= 0.3 is 0 Å². The lowest BCUT2D eigenvalue weighted by Crippen LogP contribution is -2.30. The van der Waals surface area contributed by atoms with E-state index in [-0.39, 0.29) is 12.1 Å². The molecule has 0 fully saturated rings. The van der Waals surface area contributed by atoms with Gasteiger partial charge in [0.1, 0.15) is 17.4 Å². The quantitative estimate of drug-likeness (QED) is 0.775. The van der Waals surface area contributed by atoms with Gasteiger partial charge in [-0.05, 0) is 35.4 Å². The van der Waals surface area contributed by atoms with E-state index in [0.29, 0.717) is 11.8 Å². The van der Waals surface area contributed by atoms with E-state index < -0.39 is 33.5 Å². The van der Waals surface area contributed by atoms with Crippen molar-refractivity contribution in [2.45, 2.75) is 11.9 Å². The van der Waals surface area contributed by atoms with Gasteiger partial charge in [0.05, 0.1) is 19.0 Å². The number of hydrogen-bond acceptors (Lipinski definition) is 4. The van der Waals surface area contributed by atoms with Gasteiger partial charge in [-0.25, -0.2) is 21.9 Å². The van der Waals surface area contributed by atoms with Crippen LogP contribution in [0.3, 0.4) is 0 Å². The number of methoxy groups -OCH3 is 2. The molecule has 0 aliphatic heterocycles. The molecular formula is C17H19F2NO4S. The van der Waals surface area contributed by atoms with E-state index in [1.807, 2.05) is 0 Å². The lowest BCUT2D eigenvalue weighted by Gasteiger charge is -2.17. The van der Waals surface area contributed by atoms with Crippen LogP contribution in [0.4, 0.5) is 8.78 Å². The van der Waals surface area contributed by atoms with E-state index in [0.717, 1.165) is 17.7 Å². The zero-order chi connectivity index (χ0) is 18.4. The molecule has 1 N–H and O–H groups in total. The van der Waals surface area contributed by atoms with Crippen LogP contribution in [0.15, 0.2) is 42.5 Å². The Morgan fingerprint density at radius 1 is 1.08 bits per heavy atom. The third-order valence-corrected chi connectivity index (χ3v) is 4.84. The molecule has 1 atom stereocenters. The molecule has 0 spiro atoms. The van der Waals surface area contributed by atoms with Crippen molar-refractivity contribution >= 4 is 10.0 Å². The average Bonchev–Trinajstić information content (AvgIpc) is 2.54. The normalized spacial score (nSPS) is 12.8. The maximum Gasteiger partial charge on any atom is 0.215 e. The molecule has 2 aromatic rings. The SMILES string of the molecule is COc1cccc(C(CNS(=O)(=O)Cc2cc(F)cc(F)c2)OC)c1. The summed E-state index contributed by atoms with van der Waals surface area (Å²) < 4.78 is 63.5. The summed E-state index contributed by atoms with van der Waals surface area (Å²) in [5.41, 5.74) is 0.765. The van der Waals surface area contributed by atoms with E-state index in [1.165, 1.54) is 14.2 Å². The monoisotopic (exact) mass is 371 g/mol. The second-order valence-electron chi connectivity index (χ2n) is 5.39. The first kappa shape index (κ1) is 19.3. The van der Waals surface area contributed by atoms with Gasteiger partial charge in [-0.1, -0.05) is 12.1 Å². The highest BCUT2D eigenvalue weighted by atomic mass is 32.2. The summed E-state index contributed by atoms with van der Waals surface area (Å²) in [7, 11) is -0.803. The number of benzene rings is 2. The molecule has 0 aliphatic carbocycles. The number of ether oxygens (including phenoxy) is 2. The number of nitrogens with one attached hydrogen (secondary N) is 1. The Labute approximate surface area is 145 Å². The van der Waals surface area contributed by atoms with Crippen molar-refractivity contribution in [1.29, 1.82) is 0 Å². The number of hydrogen-bond donors (Lipinski definition) is 1. The van der Waals surface area contributed by atoms with Crippen LogP contribution in [0.5, 0.6) is 5.75 Å². The summed E-state index contributed by atoms with van der Waals surface area (Å²) in [6.45, 7) is -0.0240. The summed E-state index contributed by atoms with van der Waals surface area (Å²) >= 11 is 0. The summed E-state index contributed by atoms with van der Waals surface area (Å²) in [5.74, 6) is -1.55. The molecule has 0 heterocycles. The Morgan fingerprint density at radius 3 is 2.36 bits per heavy atom. The fourth-order valence-corrected chi connectivity index (χ4v) is 3.46. The van der Waals surface area contributed by atoms with Gasteiger partial charge < -0.3 is 9.47 Å². The Morgan fingerprint density at radius 2 is 1.76 bits per heavy atom. The third-order valence-electron chi connectivity index (χ3n) is 3.52. The zero-order valence-electron chi connectivity index (χ0n) is 13.8. The van der Waals surface area contributed by atoms with Crippen LogP contribution < -0.4 is 9.46 Å². The van der Waals surface area contributed by atoms with E-state index in [9.17, 15) is 17.2 Å². The Hall–Kier alpha value is -2.03. The average molecular weight is 371 g/mol. The van der Waals surface area contributed by atoms with Crippen LogP contribution in [0.1, 0.15) is 17.2 Å². The fourth-order valence-electron chi connectivity index (χ4n) is 2.35. The highest BCUT2D eigenvalue weighted by molar-refractivity contribution is 7.88. The predicted molar refractivity (Wildman–Crippen MR) is 89.7 cm³/mol. The van der Waals surface area contributed by atoms with E-state index in [1.54, 1.807) is 24.3 Å². The molecule has 2 aromatic carbocycles. The first-order chi connectivity index (χ1) is 11.8. The number of sulfonamides is 1. The minimum Gasteiger partial charge on any atom is -0.497 e. The highest BCUT2D eigenvalue weighted by Crippen LogP contribution is 2.21. The fraction of sp³-hybridized carbons (Fsp3) is 0.294. The molecular weight excluding hydrogens is 352 g/mol. The zero-order valence-corrected chi connectivity index (χ0v) is 14.6. The van der Waals surface area contributed by atoms with Crippen molar-refractivity contribution in [3.05, 3.63) is 65.2 Å². The summed E-state index contributed by atoms with van der Waals surface area (Å²) in [5, 5.41) is 0. The molecule has 0 aliphatic rings. The van der Waals surface area contributed by atoms with Crippen LogP contribution in [0.25, 0.3) is 0 Å². The Balaban J connectivity index is 2.06. The highest BCUT2D eigenvalue weighted by Gasteiger charge is 2.18. The van der Waals surface area contributed by atoms with Crippen molar-refractivity contribution in [1.82, 2.24) is 4.72 Å². The van der Waals surface area contributed by atoms with Gasteiger partial charge in [-0.15, -0.1) is 0 Å². The molecule has 0 amide bonds. The van der Waals surface area contributed by atoms with Crippen molar-refractivity contribution in [3.63, 3.8) is 0 Å². The number of rotatable bonds is 8. The maximum atomic E-state index is 13.2.